The lowest BCUT2D eigenvalue weighted by molar-refractivity contribution is 0.773. The van der Waals surface area contributed by atoms with E-state index in [4.69, 9.17) is 17.3 Å². The Balaban J connectivity index is 1.64. The number of para-hydroxylation sites is 1. The second kappa shape index (κ2) is 9.71. The average Bonchev–Trinajstić information content (AvgIpc) is 2.89. The summed E-state index contributed by atoms with van der Waals surface area (Å²) in [6.45, 7) is 1.98. The zero-order valence-electron chi connectivity index (χ0n) is 19.9. The van der Waals surface area contributed by atoms with Gasteiger partial charge in [0, 0.05) is 35.9 Å². The van der Waals surface area contributed by atoms with Crippen molar-refractivity contribution in [1.29, 1.82) is 0 Å². The van der Waals surface area contributed by atoms with E-state index in [9.17, 15) is 4.79 Å². The molecule has 180 valence electrons. The van der Waals surface area contributed by atoms with Gasteiger partial charge in [0.25, 0.3) is 5.56 Å². The fraction of sp³-hybridized carbons (Fsp3) is 0.107. The number of nitrogens with zero attached hydrogens (tertiary/aromatic N) is 3. The summed E-state index contributed by atoms with van der Waals surface area (Å²) >= 11 is 6.45. The standard InChI is InChI=1S/C28H25ClN6O/c1-17(33-26-22(16-32-28(30)34-26)18-11-13-20(31-2)14-12-18)24-15-19-7-6-10-23(29)25(19)27(36)35(24)21-8-4-3-5-9-21/h3-17,31H,1-2H3,(H3,30,32,33,34)/t17-/m0/s1. The van der Waals surface area contributed by atoms with Gasteiger partial charge in [-0.05, 0) is 54.3 Å². The van der Waals surface area contributed by atoms with Gasteiger partial charge in [0.1, 0.15) is 5.82 Å². The highest BCUT2D eigenvalue weighted by molar-refractivity contribution is 6.35. The van der Waals surface area contributed by atoms with E-state index in [-0.39, 0.29) is 17.5 Å². The minimum Gasteiger partial charge on any atom is -0.388 e. The number of aromatic nitrogens is 3. The lowest BCUT2D eigenvalue weighted by Crippen LogP contribution is -2.26. The molecule has 1 atom stereocenters. The summed E-state index contributed by atoms with van der Waals surface area (Å²) in [7, 11) is 1.87. The Labute approximate surface area is 213 Å². The number of halogens is 1. The van der Waals surface area contributed by atoms with E-state index < -0.39 is 0 Å². The number of hydrogen-bond donors (Lipinski definition) is 3. The zero-order valence-corrected chi connectivity index (χ0v) is 20.6. The first-order chi connectivity index (χ1) is 17.5. The number of nitrogens with two attached hydrogens (primary N) is 1. The third-order valence-corrected chi connectivity index (χ3v) is 6.44. The van der Waals surface area contributed by atoms with Gasteiger partial charge in [-0.1, -0.05) is 54.1 Å². The molecule has 5 aromatic rings. The van der Waals surface area contributed by atoms with Crippen molar-refractivity contribution < 1.29 is 0 Å². The molecule has 0 saturated carbocycles. The van der Waals surface area contributed by atoms with Crippen molar-refractivity contribution in [3.05, 3.63) is 106 Å². The predicted octanol–water partition coefficient (Wildman–Crippen LogP) is 5.90. The van der Waals surface area contributed by atoms with Crippen molar-refractivity contribution in [2.45, 2.75) is 13.0 Å². The first kappa shape index (κ1) is 23.4. The topological polar surface area (TPSA) is 97.9 Å². The number of rotatable bonds is 6. The monoisotopic (exact) mass is 496 g/mol. The van der Waals surface area contributed by atoms with Crippen LogP contribution in [0.25, 0.3) is 27.6 Å². The summed E-state index contributed by atoms with van der Waals surface area (Å²) < 4.78 is 1.69. The van der Waals surface area contributed by atoms with Crippen molar-refractivity contribution in [2.24, 2.45) is 0 Å². The molecule has 2 heterocycles. The molecule has 0 amide bonds. The minimum absolute atomic E-state index is 0.158. The van der Waals surface area contributed by atoms with E-state index in [0.29, 0.717) is 16.2 Å². The summed E-state index contributed by atoms with van der Waals surface area (Å²) in [5.41, 5.74) is 10.0. The Morgan fingerprint density at radius 1 is 1.00 bits per heavy atom. The fourth-order valence-electron chi connectivity index (χ4n) is 4.31. The van der Waals surface area contributed by atoms with Gasteiger partial charge < -0.3 is 16.4 Å². The van der Waals surface area contributed by atoms with Gasteiger partial charge in [0.2, 0.25) is 5.95 Å². The Bertz CT molecular complexity index is 1600. The van der Waals surface area contributed by atoms with Gasteiger partial charge in [-0.2, -0.15) is 4.98 Å². The molecule has 0 unspecified atom stereocenters. The van der Waals surface area contributed by atoms with Crippen LogP contribution in [-0.2, 0) is 0 Å². The van der Waals surface area contributed by atoms with E-state index in [1.54, 1.807) is 16.8 Å². The van der Waals surface area contributed by atoms with Gasteiger partial charge in [-0.3, -0.25) is 9.36 Å². The number of anilines is 3. The van der Waals surface area contributed by atoms with Crippen molar-refractivity contribution in [1.82, 2.24) is 14.5 Å². The van der Waals surface area contributed by atoms with E-state index in [1.807, 2.05) is 86.8 Å². The minimum atomic E-state index is -0.314. The van der Waals surface area contributed by atoms with Crippen LogP contribution in [0.5, 0.6) is 0 Å². The molecule has 3 aromatic carbocycles. The van der Waals surface area contributed by atoms with Crippen molar-refractivity contribution in [3.8, 4) is 16.8 Å². The zero-order chi connectivity index (χ0) is 25.2. The van der Waals surface area contributed by atoms with Crippen molar-refractivity contribution >= 4 is 39.8 Å². The molecule has 2 aromatic heterocycles. The molecule has 0 bridgehead atoms. The van der Waals surface area contributed by atoms with Crippen LogP contribution in [0.4, 0.5) is 17.5 Å². The number of pyridine rings is 1. The maximum Gasteiger partial charge on any atom is 0.264 e. The summed E-state index contributed by atoms with van der Waals surface area (Å²) in [5, 5.41) is 8.27. The van der Waals surface area contributed by atoms with Gasteiger partial charge >= 0.3 is 0 Å². The number of hydrogen-bond acceptors (Lipinski definition) is 6. The number of fused-ring (bicyclic) bond motifs is 1. The normalized spacial score (nSPS) is 11.9. The highest BCUT2D eigenvalue weighted by atomic mass is 35.5. The first-order valence-corrected chi connectivity index (χ1v) is 11.9. The number of nitrogen functional groups attached to an aromatic ring is 1. The molecule has 0 aliphatic rings. The second-order valence-electron chi connectivity index (χ2n) is 8.43. The summed E-state index contributed by atoms with van der Waals surface area (Å²) in [6, 6.07) is 24.6. The van der Waals surface area contributed by atoms with Crippen LogP contribution < -0.4 is 21.9 Å². The molecule has 0 saturated heterocycles. The Kier molecular flexibility index (Phi) is 6.31. The number of nitrogens with one attached hydrogen (secondary N) is 2. The molecular weight excluding hydrogens is 472 g/mol. The van der Waals surface area contributed by atoms with Crippen LogP contribution in [0.2, 0.25) is 5.02 Å². The average molecular weight is 497 g/mol. The summed E-state index contributed by atoms with van der Waals surface area (Å²) in [5.74, 6) is 0.733. The fourth-order valence-corrected chi connectivity index (χ4v) is 4.58. The molecule has 0 fully saturated rings. The summed E-state index contributed by atoms with van der Waals surface area (Å²) in [6.07, 6.45) is 1.70. The van der Waals surface area contributed by atoms with Gasteiger partial charge in [-0.25, -0.2) is 4.98 Å². The van der Waals surface area contributed by atoms with Crippen LogP contribution in [0.3, 0.4) is 0 Å². The number of benzene rings is 3. The van der Waals surface area contributed by atoms with E-state index in [1.165, 1.54) is 0 Å². The third-order valence-electron chi connectivity index (χ3n) is 6.13. The van der Waals surface area contributed by atoms with E-state index >= 15 is 0 Å². The summed E-state index contributed by atoms with van der Waals surface area (Å²) in [4.78, 5) is 22.4. The van der Waals surface area contributed by atoms with Crippen LogP contribution in [0.15, 0.2) is 89.9 Å². The van der Waals surface area contributed by atoms with Crippen LogP contribution in [0.1, 0.15) is 18.7 Å². The maximum atomic E-state index is 13.7. The van der Waals surface area contributed by atoms with Crippen molar-refractivity contribution in [2.75, 3.05) is 23.4 Å². The van der Waals surface area contributed by atoms with Gasteiger partial charge in [-0.15, -0.1) is 0 Å². The highest BCUT2D eigenvalue weighted by Gasteiger charge is 2.19. The molecule has 0 radical (unpaired) electrons. The van der Waals surface area contributed by atoms with Crippen LogP contribution in [-0.4, -0.2) is 21.6 Å². The molecule has 36 heavy (non-hydrogen) atoms. The third kappa shape index (κ3) is 4.36. The molecule has 4 N–H and O–H groups in total. The first-order valence-electron chi connectivity index (χ1n) is 11.5. The largest absolute Gasteiger partial charge is 0.388 e. The molecular formula is C28H25ClN6O. The molecule has 0 aliphatic carbocycles. The quantitative estimate of drug-likeness (QED) is 0.271. The van der Waals surface area contributed by atoms with E-state index in [0.717, 1.165) is 33.6 Å². The van der Waals surface area contributed by atoms with Crippen LogP contribution >= 0.6 is 11.6 Å². The van der Waals surface area contributed by atoms with Gasteiger partial charge in [0.05, 0.1) is 16.5 Å². The maximum absolute atomic E-state index is 13.7. The molecule has 5 rings (SSSR count). The predicted molar refractivity (Wildman–Crippen MR) is 148 cm³/mol. The molecule has 8 heteroatoms. The second-order valence-corrected chi connectivity index (χ2v) is 8.84. The molecule has 7 nitrogen and oxygen atoms in total. The van der Waals surface area contributed by atoms with Gasteiger partial charge in [0.15, 0.2) is 0 Å². The van der Waals surface area contributed by atoms with E-state index in [2.05, 4.69) is 20.6 Å². The Morgan fingerprint density at radius 2 is 1.75 bits per heavy atom. The molecule has 0 aliphatic heterocycles. The smallest absolute Gasteiger partial charge is 0.264 e. The lowest BCUT2D eigenvalue weighted by Gasteiger charge is -2.22. The van der Waals surface area contributed by atoms with Crippen molar-refractivity contribution in [3.63, 3.8) is 0 Å². The van der Waals surface area contributed by atoms with Crippen LogP contribution in [0, 0.1) is 0 Å². The molecule has 0 spiro atoms. The SMILES string of the molecule is CNc1ccc(-c2cnc(N)nc2N[C@@H](C)c2cc3cccc(Cl)c3c(=O)n2-c2ccccc2)cc1. The Hall–Kier alpha value is -4.36. The lowest BCUT2D eigenvalue weighted by atomic mass is 10.1. The highest BCUT2D eigenvalue weighted by Crippen LogP contribution is 2.31. The Morgan fingerprint density at radius 3 is 2.47 bits per heavy atom.